The highest BCUT2D eigenvalue weighted by molar-refractivity contribution is 8.04. The minimum atomic E-state index is -1.17. The molecule has 10 nitrogen and oxygen atoms in total. The van der Waals surface area contributed by atoms with E-state index in [1.54, 1.807) is 19.1 Å². The molecule has 0 aliphatic heterocycles. The van der Waals surface area contributed by atoms with Crippen LogP contribution in [-0.4, -0.2) is 38.3 Å². The first-order chi connectivity index (χ1) is 13.4. The van der Waals surface area contributed by atoms with Crippen molar-refractivity contribution >= 4 is 29.5 Å². The van der Waals surface area contributed by atoms with Crippen LogP contribution in [-0.2, 0) is 4.79 Å². The van der Waals surface area contributed by atoms with Crippen LogP contribution in [0.2, 0.25) is 0 Å². The maximum atomic E-state index is 11.5. The van der Waals surface area contributed by atoms with Gasteiger partial charge in [0.1, 0.15) is 28.0 Å². The summed E-state index contributed by atoms with van der Waals surface area (Å²) >= 11 is 0.866. The number of carboxylic acids is 1. The Kier molecular flexibility index (Phi) is 5.45. The fourth-order valence-corrected chi connectivity index (χ4v) is 3.04. The zero-order chi connectivity index (χ0) is 20.3. The van der Waals surface area contributed by atoms with Crippen molar-refractivity contribution in [3.8, 4) is 17.1 Å². The van der Waals surface area contributed by atoms with Gasteiger partial charge in [0.2, 0.25) is 5.16 Å². The second-order valence-electron chi connectivity index (χ2n) is 5.46. The summed E-state index contributed by atoms with van der Waals surface area (Å²) in [5.41, 5.74) is 0.261. The van der Waals surface area contributed by atoms with E-state index in [1.165, 1.54) is 31.4 Å². The number of aromatic nitrogens is 3. The third-order valence-electron chi connectivity index (χ3n) is 3.55. The summed E-state index contributed by atoms with van der Waals surface area (Å²) < 4.78 is 10.9. The lowest BCUT2D eigenvalue weighted by Gasteiger charge is -2.05. The minimum absolute atomic E-state index is 0.0501. The molecule has 2 aromatic heterocycles. The molecule has 0 spiro atoms. The number of nitrogens with one attached hydrogen (secondary N) is 1. The number of nitrogens with zero attached hydrogens (tertiary/aromatic N) is 3. The topological polar surface area (TPSA) is 144 Å². The Labute approximate surface area is 162 Å². The molecular formula is C17H14N4O6S. The highest BCUT2D eigenvalue weighted by atomic mass is 32.2. The number of furan rings is 1. The molecule has 0 aliphatic rings. The van der Waals surface area contributed by atoms with Gasteiger partial charge in [-0.3, -0.25) is 15.2 Å². The molecule has 0 fully saturated rings. The van der Waals surface area contributed by atoms with Gasteiger partial charge < -0.3 is 14.3 Å². The summed E-state index contributed by atoms with van der Waals surface area (Å²) in [5, 5.41) is 27.2. The summed E-state index contributed by atoms with van der Waals surface area (Å²) in [5.74, 6) is 0.333. The summed E-state index contributed by atoms with van der Waals surface area (Å²) in [7, 11) is 1.44. The van der Waals surface area contributed by atoms with Gasteiger partial charge in [0.05, 0.1) is 17.6 Å². The van der Waals surface area contributed by atoms with E-state index >= 15 is 0 Å². The molecule has 0 saturated heterocycles. The molecule has 0 unspecified atom stereocenters. The first-order valence-electron chi connectivity index (χ1n) is 7.82. The number of hydrogen-bond donors (Lipinski definition) is 2. The number of rotatable bonds is 7. The van der Waals surface area contributed by atoms with Crippen molar-refractivity contribution in [2.45, 2.75) is 12.1 Å². The molecule has 0 amide bonds. The number of methoxy groups -OCH3 is 1. The number of nitro benzene ring substituents is 1. The monoisotopic (exact) mass is 402 g/mol. The molecule has 28 heavy (non-hydrogen) atoms. The number of aliphatic carboxylic acids is 1. The second kappa shape index (κ2) is 7.96. The number of benzene rings is 1. The Morgan fingerprint density at radius 2 is 2.18 bits per heavy atom. The molecule has 1 aromatic carbocycles. The number of ether oxygens (including phenoxy) is 1. The lowest BCUT2D eigenvalue weighted by molar-refractivity contribution is -0.384. The summed E-state index contributed by atoms with van der Waals surface area (Å²) in [6.07, 6.45) is 1.33. The Morgan fingerprint density at radius 1 is 1.39 bits per heavy atom. The summed E-state index contributed by atoms with van der Waals surface area (Å²) in [6.45, 7) is 1.70. The number of H-pyrrole nitrogens is 1. The zero-order valence-electron chi connectivity index (χ0n) is 14.7. The third kappa shape index (κ3) is 4.20. The predicted octanol–water partition coefficient (Wildman–Crippen LogP) is 3.51. The first kappa shape index (κ1) is 19.2. The van der Waals surface area contributed by atoms with Gasteiger partial charge in [0, 0.05) is 18.2 Å². The van der Waals surface area contributed by atoms with E-state index in [0.29, 0.717) is 22.9 Å². The van der Waals surface area contributed by atoms with E-state index < -0.39 is 10.9 Å². The van der Waals surface area contributed by atoms with Gasteiger partial charge in [0.15, 0.2) is 0 Å². The number of carbonyl (C=O) groups is 1. The van der Waals surface area contributed by atoms with Crippen molar-refractivity contribution in [2.75, 3.05) is 7.11 Å². The molecule has 0 radical (unpaired) electrons. The minimum Gasteiger partial charge on any atom is -0.496 e. The maximum Gasteiger partial charge on any atom is 0.342 e. The van der Waals surface area contributed by atoms with Crippen molar-refractivity contribution in [2.24, 2.45) is 0 Å². The van der Waals surface area contributed by atoms with Crippen LogP contribution in [0.15, 0.2) is 44.8 Å². The van der Waals surface area contributed by atoms with E-state index in [2.05, 4.69) is 15.2 Å². The standard InChI is InChI=1S/C17H14N4O6S/c1-9-18-17(20-19-9)28-15(16(22)23)8-11-4-6-14(27-11)12-7-10(21(24)25)3-5-13(12)26-2/h3-8H,1-2H3,(H,22,23)(H,18,19,20)/b15-8-. The first-order valence-corrected chi connectivity index (χ1v) is 8.63. The number of non-ortho nitro benzene ring substituents is 1. The quantitative estimate of drug-likeness (QED) is 0.262. The molecule has 0 saturated carbocycles. The van der Waals surface area contributed by atoms with E-state index in [9.17, 15) is 20.0 Å². The van der Waals surface area contributed by atoms with Gasteiger partial charge in [-0.15, -0.1) is 5.10 Å². The van der Waals surface area contributed by atoms with Crippen molar-refractivity contribution in [3.05, 3.63) is 56.9 Å². The molecular weight excluding hydrogens is 388 g/mol. The van der Waals surface area contributed by atoms with Crippen LogP contribution in [0.1, 0.15) is 11.6 Å². The van der Waals surface area contributed by atoms with Crippen molar-refractivity contribution in [3.63, 3.8) is 0 Å². The Morgan fingerprint density at radius 3 is 2.79 bits per heavy atom. The molecule has 0 bridgehead atoms. The zero-order valence-corrected chi connectivity index (χ0v) is 15.5. The Bertz CT molecular complexity index is 1070. The average Bonchev–Trinajstić information content (AvgIpc) is 3.29. The lowest BCUT2D eigenvalue weighted by atomic mass is 10.1. The molecule has 2 heterocycles. The van der Waals surface area contributed by atoms with E-state index in [4.69, 9.17) is 9.15 Å². The van der Waals surface area contributed by atoms with Gasteiger partial charge in [-0.05, 0) is 36.9 Å². The maximum absolute atomic E-state index is 11.5. The number of carboxylic acid groups (broad SMARTS) is 1. The number of aryl methyl sites for hydroxylation is 1. The number of nitro groups is 1. The highest BCUT2D eigenvalue weighted by Crippen LogP contribution is 2.35. The van der Waals surface area contributed by atoms with Crippen LogP contribution in [0.25, 0.3) is 17.4 Å². The molecule has 0 atom stereocenters. The van der Waals surface area contributed by atoms with Crippen LogP contribution < -0.4 is 4.74 Å². The highest BCUT2D eigenvalue weighted by Gasteiger charge is 2.17. The average molecular weight is 402 g/mol. The third-order valence-corrected chi connectivity index (χ3v) is 4.43. The fraction of sp³-hybridized carbons (Fsp3) is 0.118. The van der Waals surface area contributed by atoms with Crippen molar-refractivity contribution in [1.82, 2.24) is 15.2 Å². The number of aromatic amines is 1. The predicted molar refractivity (Wildman–Crippen MR) is 99.9 cm³/mol. The van der Waals surface area contributed by atoms with Crippen molar-refractivity contribution in [1.29, 1.82) is 0 Å². The van der Waals surface area contributed by atoms with Crippen LogP contribution in [0.3, 0.4) is 0 Å². The van der Waals surface area contributed by atoms with E-state index in [0.717, 1.165) is 11.8 Å². The Balaban J connectivity index is 1.94. The van der Waals surface area contributed by atoms with Crippen LogP contribution >= 0.6 is 11.8 Å². The van der Waals surface area contributed by atoms with Gasteiger partial charge in [-0.25, -0.2) is 9.78 Å². The normalized spacial score (nSPS) is 11.4. The van der Waals surface area contributed by atoms with Crippen molar-refractivity contribution < 1.29 is 24.0 Å². The van der Waals surface area contributed by atoms with E-state index in [1.807, 2.05) is 0 Å². The molecule has 3 rings (SSSR count). The van der Waals surface area contributed by atoms with Crippen LogP contribution in [0.5, 0.6) is 5.75 Å². The summed E-state index contributed by atoms with van der Waals surface area (Å²) in [4.78, 5) is 26.0. The van der Waals surface area contributed by atoms with Crippen LogP contribution in [0.4, 0.5) is 5.69 Å². The molecule has 3 aromatic rings. The molecule has 2 N–H and O–H groups in total. The number of thioether (sulfide) groups is 1. The Hall–Kier alpha value is -3.60. The van der Waals surface area contributed by atoms with Gasteiger partial charge in [0.25, 0.3) is 5.69 Å². The SMILES string of the molecule is COc1ccc([N+](=O)[O-])cc1-c1ccc(/C=C(\Sc2n[nH]c(C)n2)C(=O)O)o1. The van der Waals surface area contributed by atoms with Crippen LogP contribution in [0, 0.1) is 17.0 Å². The fourth-order valence-electron chi connectivity index (χ4n) is 2.31. The van der Waals surface area contributed by atoms with Gasteiger partial charge in [-0.2, -0.15) is 0 Å². The second-order valence-corrected chi connectivity index (χ2v) is 6.47. The molecule has 144 valence electrons. The lowest BCUT2D eigenvalue weighted by Crippen LogP contribution is -1.97. The number of hydrogen-bond acceptors (Lipinski definition) is 8. The van der Waals surface area contributed by atoms with Gasteiger partial charge in [-0.1, -0.05) is 0 Å². The van der Waals surface area contributed by atoms with Gasteiger partial charge >= 0.3 is 5.97 Å². The molecule has 0 aliphatic carbocycles. The largest absolute Gasteiger partial charge is 0.496 e. The smallest absolute Gasteiger partial charge is 0.342 e. The van der Waals surface area contributed by atoms with E-state index in [-0.39, 0.29) is 21.5 Å². The molecule has 11 heteroatoms. The summed E-state index contributed by atoms with van der Waals surface area (Å²) in [6, 6.07) is 7.25.